The number of benzene rings is 1. The summed E-state index contributed by atoms with van der Waals surface area (Å²) >= 11 is 0. The Bertz CT molecular complexity index is 1060. The Morgan fingerprint density at radius 3 is 2.41 bits per heavy atom. The molecular formula is C25H33NO5S. The molecule has 3 rings (SSSR count). The minimum Gasteiger partial charge on any atom is -0.443 e. The summed E-state index contributed by atoms with van der Waals surface area (Å²) in [6.07, 6.45) is 6.11. The average Bonchev–Trinajstić information content (AvgIpc) is 2.88. The molecule has 0 heterocycles. The van der Waals surface area contributed by atoms with Gasteiger partial charge in [-0.05, 0) is 58.6 Å². The molecule has 0 N–H and O–H groups in total. The van der Waals surface area contributed by atoms with E-state index in [-0.39, 0.29) is 29.1 Å². The Balaban J connectivity index is 1.87. The van der Waals surface area contributed by atoms with Crippen molar-refractivity contribution in [2.45, 2.75) is 64.9 Å². The molecular weight excluding hydrogens is 426 g/mol. The van der Waals surface area contributed by atoms with Crippen LogP contribution in [0.25, 0.3) is 0 Å². The van der Waals surface area contributed by atoms with Gasteiger partial charge >= 0.3 is 6.09 Å². The first-order valence-electron chi connectivity index (χ1n) is 11.0. The van der Waals surface area contributed by atoms with Crippen molar-refractivity contribution in [2.75, 3.05) is 6.54 Å². The predicted octanol–water partition coefficient (Wildman–Crippen LogP) is 5.04. The number of nitrogens with zero attached hydrogens (tertiary/aromatic N) is 1. The lowest BCUT2D eigenvalue weighted by Crippen LogP contribution is -2.53. The quantitative estimate of drug-likeness (QED) is 0.616. The summed E-state index contributed by atoms with van der Waals surface area (Å²) in [7, 11) is -4.09. The molecule has 2 atom stereocenters. The first kappa shape index (κ1) is 24.2. The Morgan fingerprint density at radius 2 is 1.81 bits per heavy atom. The summed E-state index contributed by atoms with van der Waals surface area (Å²) in [6, 6.07) is 6.40. The molecule has 0 aromatic heterocycles. The number of ether oxygens (including phenoxy) is 1. The summed E-state index contributed by atoms with van der Waals surface area (Å²) < 4.78 is 32.9. The van der Waals surface area contributed by atoms with Crippen LogP contribution in [0.4, 0.5) is 4.79 Å². The number of Topliss-reactive ketones (excluding diaryl/α,β-unsaturated/α-hetero) is 1. The van der Waals surface area contributed by atoms with Gasteiger partial charge in [-0.3, -0.25) is 4.79 Å². The van der Waals surface area contributed by atoms with Gasteiger partial charge in [-0.1, -0.05) is 55.3 Å². The maximum atomic E-state index is 13.3. The van der Waals surface area contributed by atoms with E-state index in [2.05, 4.69) is 6.08 Å². The van der Waals surface area contributed by atoms with Crippen LogP contribution in [0.15, 0.2) is 53.0 Å². The lowest BCUT2D eigenvalue weighted by atomic mass is 9.53. The van der Waals surface area contributed by atoms with E-state index in [4.69, 9.17) is 4.74 Å². The molecule has 0 unspecified atom stereocenters. The highest BCUT2D eigenvalue weighted by molar-refractivity contribution is 7.89. The largest absolute Gasteiger partial charge is 0.443 e. The van der Waals surface area contributed by atoms with Gasteiger partial charge in [-0.25, -0.2) is 17.5 Å². The molecule has 1 saturated carbocycles. The number of sulfonamides is 1. The highest BCUT2D eigenvalue weighted by Gasteiger charge is 2.54. The number of amides is 1. The number of rotatable bonds is 5. The van der Waals surface area contributed by atoms with Crippen molar-refractivity contribution in [3.05, 3.63) is 53.6 Å². The molecule has 1 amide bonds. The zero-order chi connectivity index (χ0) is 23.9. The minimum atomic E-state index is -4.09. The fourth-order valence-corrected chi connectivity index (χ4v) is 5.60. The van der Waals surface area contributed by atoms with Gasteiger partial charge in [-0.15, -0.1) is 0 Å². The number of hydrogen-bond acceptors (Lipinski definition) is 5. The van der Waals surface area contributed by atoms with Crippen LogP contribution in [0.1, 0.15) is 53.0 Å². The molecule has 0 spiro atoms. The molecule has 1 aromatic carbocycles. The summed E-state index contributed by atoms with van der Waals surface area (Å²) in [5.74, 6) is 0.364. The van der Waals surface area contributed by atoms with Crippen molar-refractivity contribution >= 4 is 21.9 Å². The van der Waals surface area contributed by atoms with Crippen LogP contribution < -0.4 is 0 Å². The summed E-state index contributed by atoms with van der Waals surface area (Å²) in [4.78, 5) is 25.3. The molecule has 2 aliphatic rings. The smallest absolute Gasteiger partial charge is 0.424 e. The zero-order valence-corrected chi connectivity index (χ0v) is 20.5. The number of ketones is 1. The lowest BCUT2D eigenvalue weighted by molar-refractivity contribution is -0.149. The Kier molecular flexibility index (Phi) is 6.44. The van der Waals surface area contributed by atoms with Gasteiger partial charge < -0.3 is 4.74 Å². The van der Waals surface area contributed by atoms with Crippen LogP contribution in [0, 0.1) is 24.2 Å². The molecule has 2 aliphatic carbocycles. The van der Waals surface area contributed by atoms with Gasteiger partial charge in [-0.2, -0.15) is 0 Å². The molecule has 0 radical (unpaired) electrons. The molecule has 1 aromatic rings. The molecule has 1 fully saturated rings. The van der Waals surface area contributed by atoms with Gasteiger partial charge in [0.25, 0.3) is 10.0 Å². The number of aryl methyl sites for hydroxylation is 1. The van der Waals surface area contributed by atoms with Gasteiger partial charge in [0, 0.05) is 17.9 Å². The number of hydrogen-bond donors (Lipinski definition) is 0. The van der Waals surface area contributed by atoms with Gasteiger partial charge in [0.2, 0.25) is 0 Å². The number of carbonyl (C=O) groups is 2. The first-order valence-corrected chi connectivity index (χ1v) is 12.4. The highest BCUT2D eigenvalue weighted by atomic mass is 32.2. The number of carbonyl (C=O) groups excluding carboxylic acids is 2. The van der Waals surface area contributed by atoms with E-state index in [1.54, 1.807) is 32.9 Å². The Labute approximate surface area is 191 Å². The van der Waals surface area contributed by atoms with Crippen molar-refractivity contribution in [3.63, 3.8) is 0 Å². The van der Waals surface area contributed by atoms with Crippen molar-refractivity contribution in [1.29, 1.82) is 0 Å². The summed E-state index contributed by atoms with van der Waals surface area (Å²) in [6.45, 7) is 10.8. The van der Waals surface area contributed by atoms with Crippen molar-refractivity contribution < 1.29 is 22.7 Å². The van der Waals surface area contributed by atoms with Crippen LogP contribution in [0.5, 0.6) is 0 Å². The van der Waals surface area contributed by atoms with Crippen LogP contribution in [0.3, 0.4) is 0 Å². The fraction of sp³-hybridized carbons (Fsp3) is 0.520. The minimum absolute atomic E-state index is 0.0167. The van der Waals surface area contributed by atoms with E-state index in [1.165, 1.54) is 12.1 Å². The molecule has 0 saturated heterocycles. The van der Waals surface area contributed by atoms with Crippen LogP contribution >= 0.6 is 0 Å². The van der Waals surface area contributed by atoms with E-state index in [9.17, 15) is 18.0 Å². The number of fused-ring (bicyclic) bond motifs is 1. The highest BCUT2D eigenvalue weighted by Crippen LogP contribution is 2.51. The SMILES string of the molecule is Cc1ccc(S(=O)(=O)N(CCC2=C[C@H]3[C@@H](CC=C2)C(=O)C3(C)C)C(=O)OC(C)(C)C)cc1. The van der Waals surface area contributed by atoms with E-state index >= 15 is 0 Å². The van der Waals surface area contributed by atoms with Gasteiger partial charge in [0.05, 0.1) is 4.90 Å². The standard InChI is InChI=1S/C25H33NO5S/c1-17-10-12-19(13-11-17)32(29,30)26(23(28)31-24(2,3)4)15-14-18-8-7-9-20-21(16-18)25(5,6)22(20)27/h7-8,10-13,16,20-21H,9,14-15H2,1-6H3/t20-,21+/m1/s1. The van der Waals surface area contributed by atoms with E-state index < -0.39 is 27.1 Å². The Morgan fingerprint density at radius 1 is 1.19 bits per heavy atom. The van der Waals surface area contributed by atoms with Gasteiger partial charge in [0.15, 0.2) is 0 Å². The molecule has 6 nitrogen and oxygen atoms in total. The van der Waals surface area contributed by atoms with E-state index in [1.807, 2.05) is 32.9 Å². The summed E-state index contributed by atoms with van der Waals surface area (Å²) in [5, 5.41) is 0. The third-order valence-corrected chi connectivity index (χ3v) is 7.94. The molecule has 32 heavy (non-hydrogen) atoms. The predicted molar refractivity (Wildman–Crippen MR) is 124 cm³/mol. The average molecular weight is 460 g/mol. The molecule has 0 aliphatic heterocycles. The zero-order valence-electron chi connectivity index (χ0n) is 19.7. The first-order chi connectivity index (χ1) is 14.7. The van der Waals surface area contributed by atoms with Crippen LogP contribution in [-0.2, 0) is 19.6 Å². The Hall–Kier alpha value is -2.41. The van der Waals surface area contributed by atoms with Crippen molar-refractivity contribution in [3.8, 4) is 0 Å². The van der Waals surface area contributed by atoms with E-state index in [0.29, 0.717) is 12.8 Å². The van der Waals surface area contributed by atoms with Crippen molar-refractivity contribution in [1.82, 2.24) is 4.31 Å². The van der Waals surface area contributed by atoms with Crippen LogP contribution in [0.2, 0.25) is 0 Å². The lowest BCUT2D eigenvalue weighted by Gasteiger charge is -2.48. The third kappa shape index (κ3) is 4.82. The fourth-order valence-electron chi connectivity index (χ4n) is 4.30. The molecule has 0 bridgehead atoms. The maximum absolute atomic E-state index is 13.3. The molecule has 7 heteroatoms. The topological polar surface area (TPSA) is 80.8 Å². The van der Waals surface area contributed by atoms with Gasteiger partial charge in [0.1, 0.15) is 11.4 Å². The normalized spacial score (nSPS) is 22.3. The second-order valence-corrected chi connectivity index (χ2v) is 12.1. The van der Waals surface area contributed by atoms with E-state index in [0.717, 1.165) is 15.4 Å². The summed E-state index contributed by atoms with van der Waals surface area (Å²) in [5.41, 5.74) is 0.601. The maximum Gasteiger partial charge on any atom is 0.424 e. The molecule has 174 valence electrons. The monoisotopic (exact) mass is 459 g/mol. The third-order valence-electron chi connectivity index (χ3n) is 6.16. The van der Waals surface area contributed by atoms with Crippen LogP contribution in [-0.4, -0.2) is 36.7 Å². The second kappa shape index (κ2) is 8.50. The van der Waals surface area contributed by atoms with Crippen molar-refractivity contribution in [2.24, 2.45) is 17.3 Å². The second-order valence-electron chi connectivity index (χ2n) is 10.2. The number of allylic oxidation sites excluding steroid dienone is 3.